The maximum atomic E-state index is 15.0. The van der Waals surface area contributed by atoms with Gasteiger partial charge in [-0.1, -0.05) is 40.8 Å². The third kappa shape index (κ3) is 4.93. The number of methoxy groups -OCH3 is 1. The summed E-state index contributed by atoms with van der Waals surface area (Å²) in [7, 11) is 1.37. The van der Waals surface area contributed by atoms with E-state index in [2.05, 4.69) is 31.6 Å². The van der Waals surface area contributed by atoms with Gasteiger partial charge in [0.2, 0.25) is 5.13 Å². The summed E-state index contributed by atoms with van der Waals surface area (Å²) in [6.07, 6.45) is 2.47. The maximum Gasteiger partial charge on any atom is 0.259 e. The van der Waals surface area contributed by atoms with Crippen molar-refractivity contribution < 1.29 is 19.0 Å². The van der Waals surface area contributed by atoms with Crippen molar-refractivity contribution in [3.05, 3.63) is 75.6 Å². The largest absolute Gasteiger partial charge is 0.494 e. The lowest BCUT2D eigenvalue weighted by atomic mass is 10.00. The normalized spacial score (nSPS) is 16.1. The number of benzene rings is 1. The number of anilines is 1. The zero-order chi connectivity index (χ0) is 27.0. The number of hydrogen-bond acceptors (Lipinski definition) is 10. The maximum absolute atomic E-state index is 15.0. The monoisotopic (exact) mass is 568 g/mol. The summed E-state index contributed by atoms with van der Waals surface area (Å²) >= 11 is 8.40. The first-order valence-corrected chi connectivity index (χ1v) is 13.2. The molecule has 9 nitrogen and oxygen atoms in total. The highest BCUT2D eigenvalue weighted by atomic mass is 35.5. The van der Waals surface area contributed by atoms with Crippen LogP contribution in [0.15, 0.2) is 41.0 Å². The zero-order valence-corrected chi connectivity index (χ0v) is 22.3. The van der Waals surface area contributed by atoms with Crippen molar-refractivity contribution in [1.29, 1.82) is 5.26 Å². The third-order valence-electron chi connectivity index (χ3n) is 5.96. The topological polar surface area (TPSA) is 134 Å². The molecule has 0 bridgehead atoms. The van der Waals surface area contributed by atoms with E-state index in [4.69, 9.17) is 21.6 Å². The highest BCUT2D eigenvalue weighted by Gasteiger charge is 2.33. The molecule has 2 N–H and O–H groups in total. The lowest BCUT2D eigenvalue weighted by Crippen LogP contribution is -2.14. The summed E-state index contributed by atoms with van der Waals surface area (Å²) in [5, 5.41) is 30.4. The van der Waals surface area contributed by atoms with Crippen LogP contribution in [-0.4, -0.2) is 43.5 Å². The highest BCUT2D eigenvalue weighted by molar-refractivity contribution is 8.01. The molecule has 0 fully saturated rings. The van der Waals surface area contributed by atoms with Gasteiger partial charge >= 0.3 is 0 Å². The first-order chi connectivity index (χ1) is 18.3. The fourth-order valence-corrected chi connectivity index (χ4v) is 6.48. The molecule has 2 atom stereocenters. The van der Waals surface area contributed by atoms with E-state index in [9.17, 15) is 9.90 Å². The predicted octanol–water partition coefficient (Wildman–Crippen LogP) is 4.98. The van der Waals surface area contributed by atoms with Gasteiger partial charge in [0, 0.05) is 22.7 Å². The number of aryl methyl sites for hydroxylation is 1. The predicted molar refractivity (Wildman–Crippen MR) is 141 cm³/mol. The Kier molecular flexibility index (Phi) is 7.27. The number of nitrogens with zero attached hydrogens (tertiary/aromatic N) is 5. The number of rotatable bonds is 6. The van der Waals surface area contributed by atoms with Crippen molar-refractivity contribution in [2.24, 2.45) is 0 Å². The molecule has 5 rings (SSSR count). The Bertz CT molecular complexity index is 1610. The summed E-state index contributed by atoms with van der Waals surface area (Å²) in [4.78, 5) is 21.2. The average Bonchev–Trinajstić information content (AvgIpc) is 3.48. The fraction of sp³-hybridized carbons (Fsp3) is 0.200. The molecule has 1 aliphatic carbocycles. The minimum atomic E-state index is -0.821. The van der Waals surface area contributed by atoms with Gasteiger partial charge in [0.05, 0.1) is 42.2 Å². The molecule has 192 valence electrons. The number of aromatic nitrogens is 4. The SMILES string of the molecule is COc1cnc(Cl)c(F)c1-c1cc(C)ncc1C(=O)Nc1nnc(S[C@H]2Cc3cc(C#N)ccc3[C@@H]2O)s1. The molecule has 4 aromatic rings. The number of aliphatic hydroxyl groups excluding tert-OH is 1. The second-order valence-electron chi connectivity index (χ2n) is 8.34. The minimum absolute atomic E-state index is 0.00833. The van der Waals surface area contributed by atoms with Crippen molar-refractivity contribution >= 4 is 45.7 Å². The first-order valence-electron chi connectivity index (χ1n) is 11.2. The van der Waals surface area contributed by atoms with Crippen LogP contribution in [0, 0.1) is 24.1 Å². The summed E-state index contributed by atoms with van der Waals surface area (Å²) < 4.78 is 20.8. The van der Waals surface area contributed by atoms with Gasteiger partial charge in [-0.3, -0.25) is 15.1 Å². The van der Waals surface area contributed by atoms with Gasteiger partial charge in [-0.15, -0.1) is 10.2 Å². The number of thioether (sulfide) groups is 1. The Hall–Kier alpha value is -3.63. The molecule has 1 aromatic carbocycles. The van der Waals surface area contributed by atoms with Gasteiger partial charge in [0.1, 0.15) is 5.75 Å². The van der Waals surface area contributed by atoms with E-state index in [1.807, 2.05) is 0 Å². The smallest absolute Gasteiger partial charge is 0.259 e. The number of ether oxygens (including phenoxy) is 1. The highest BCUT2D eigenvalue weighted by Crippen LogP contribution is 2.43. The first kappa shape index (κ1) is 26.0. The number of aliphatic hydroxyl groups is 1. The van der Waals surface area contributed by atoms with Crippen LogP contribution in [0.2, 0.25) is 5.15 Å². The molecule has 0 unspecified atom stereocenters. The number of hydrogen-bond donors (Lipinski definition) is 2. The number of halogens is 2. The van der Waals surface area contributed by atoms with Crippen LogP contribution in [-0.2, 0) is 6.42 Å². The number of nitrogens with one attached hydrogen (secondary N) is 1. The Morgan fingerprint density at radius 1 is 1.32 bits per heavy atom. The Morgan fingerprint density at radius 3 is 2.89 bits per heavy atom. The second kappa shape index (κ2) is 10.6. The lowest BCUT2D eigenvalue weighted by Gasteiger charge is -2.14. The van der Waals surface area contributed by atoms with Crippen molar-refractivity contribution in [3.8, 4) is 22.9 Å². The molecule has 1 aliphatic rings. The van der Waals surface area contributed by atoms with Crippen molar-refractivity contribution in [2.75, 3.05) is 12.4 Å². The fourth-order valence-electron chi connectivity index (χ4n) is 4.18. The molecule has 38 heavy (non-hydrogen) atoms. The van der Waals surface area contributed by atoms with Crippen LogP contribution < -0.4 is 10.1 Å². The van der Waals surface area contributed by atoms with Gasteiger partial charge in [-0.2, -0.15) is 5.26 Å². The number of pyridine rings is 2. The molecule has 3 aromatic heterocycles. The van der Waals surface area contributed by atoms with Crippen LogP contribution in [0.1, 0.15) is 38.8 Å². The van der Waals surface area contributed by atoms with Crippen LogP contribution in [0.3, 0.4) is 0 Å². The summed E-state index contributed by atoms with van der Waals surface area (Å²) in [5.41, 5.74) is 3.11. The van der Waals surface area contributed by atoms with Gasteiger partial charge < -0.3 is 9.84 Å². The number of carbonyl (C=O) groups excluding carboxylic acids is 1. The Morgan fingerprint density at radius 2 is 2.13 bits per heavy atom. The van der Waals surface area contributed by atoms with Crippen molar-refractivity contribution in [3.63, 3.8) is 0 Å². The lowest BCUT2D eigenvalue weighted by molar-refractivity contribution is 0.102. The van der Waals surface area contributed by atoms with Crippen LogP contribution in [0.5, 0.6) is 5.75 Å². The van der Waals surface area contributed by atoms with Crippen molar-refractivity contribution in [2.45, 2.75) is 29.0 Å². The molecular formula is C25H18ClFN6O3S2. The number of amides is 1. The molecule has 0 spiro atoms. The number of carbonyl (C=O) groups is 1. The van der Waals surface area contributed by atoms with E-state index < -0.39 is 17.8 Å². The molecule has 0 aliphatic heterocycles. The molecule has 13 heteroatoms. The number of fused-ring (bicyclic) bond motifs is 1. The summed E-state index contributed by atoms with van der Waals surface area (Å²) in [6.45, 7) is 1.71. The zero-order valence-electron chi connectivity index (χ0n) is 19.9. The van der Waals surface area contributed by atoms with Crippen LogP contribution >= 0.6 is 34.7 Å². The van der Waals surface area contributed by atoms with E-state index in [0.29, 0.717) is 22.0 Å². The van der Waals surface area contributed by atoms with E-state index in [1.165, 1.54) is 31.3 Å². The van der Waals surface area contributed by atoms with E-state index in [1.54, 1.807) is 31.2 Å². The number of nitriles is 1. The van der Waals surface area contributed by atoms with Crippen LogP contribution in [0.4, 0.5) is 9.52 Å². The van der Waals surface area contributed by atoms with Gasteiger partial charge in [-0.25, -0.2) is 9.37 Å². The van der Waals surface area contributed by atoms with Crippen LogP contribution in [0.25, 0.3) is 11.1 Å². The van der Waals surface area contributed by atoms with E-state index >= 15 is 4.39 Å². The summed E-state index contributed by atoms with van der Waals surface area (Å²) in [6, 6.07) is 8.91. The van der Waals surface area contributed by atoms with E-state index in [-0.39, 0.29) is 38.0 Å². The molecule has 0 saturated carbocycles. The standard InChI is InChI=1S/C25H18ClFN6O3S2/c1-11-5-15(19-17(36-2)10-30-22(26)20(19)27)16(9-29-11)23(35)31-24-32-33-25(38-24)37-18-7-13-6-12(8-28)3-4-14(13)21(18)34/h3-6,9-10,18,21,34H,7H2,1-2H3,(H,31,32,35)/t18-,21-/m0/s1. The molecular weight excluding hydrogens is 551 g/mol. The minimum Gasteiger partial charge on any atom is -0.494 e. The molecule has 0 radical (unpaired) electrons. The quantitative estimate of drug-likeness (QED) is 0.244. The van der Waals surface area contributed by atoms with Gasteiger partial charge in [0.25, 0.3) is 5.91 Å². The van der Waals surface area contributed by atoms with E-state index in [0.717, 1.165) is 22.5 Å². The molecule has 0 saturated heterocycles. The third-order valence-corrected chi connectivity index (χ3v) is 8.41. The second-order valence-corrected chi connectivity index (χ2v) is 11.2. The Labute approximate surface area is 229 Å². The van der Waals surface area contributed by atoms with Gasteiger partial charge in [-0.05, 0) is 42.7 Å². The van der Waals surface area contributed by atoms with Gasteiger partial charge in [0.15, 0.2) is 15.3 Å². The van der Waals surface area contributed by atoms with Crippen molar-refractivity contribution in [1.82, 2.24) is 20.2 Å². The average molecular weight is 569 g/mol. The molecule has 3 heterocycles. The summed E-state index contributed by atoms with van der Waals surface area (Å²) in [5.74, 6) is -1.29. The Balaban J connectivity index is 1.36. The molecule has 1 amide bonds.